The maximum Gasteiger partial charge on any atom is 0.268 e. The smallest absolute Gasteiger partial charge is 0.268 e. The summed E-state index contributed by atoms with van der Waals surface area (Å²) in [5.41, 5.74) is -0.121. The van der Waals surface area contributed by atoms with E-state index in [4.69, 9.17) is 0 Å². The van der Waals surface area contributed by atoms with Gasteiger partial charge in [0.1, 0.15) is 16.3 Å². The van der Waals surface area contributed by atoms with Gasteiger partial charge < -0.3 is 10.3 Å². The average molecular weight is 311 g/mol. The number of halogens is 3. The fourth-order valence-electron chi connectivity index (χ4n) is 1.87. The topological polar surface area (TPSA) is 57.8 Å². The number of H-pyrrole nitrogens is 1. The second-order valence-corrected chi connectivity index (χ2v) is 5.17. The molecule has 8 heteroatoms. The molecule has 1 aromatic carbocycles. The Balaban J connectivity index is 1.88. The highest BCUT2D eigenvalue weighted by Gasteiger charge is 2.11. The molecule has 0 aliphatic heterocycles. The summed E-state index contributed by atoms with van der Waals surface area (Å²) < 4.78 is 40.1. The summed E-state index contributed by atoms with van der Waals surface area (Å²) in [6, 6.07) is 2.97. The van der Waals surface area contributed by atoms with Crippen LogP contribution in [0.2, 0.25) is 0 Å². The van der Waals surface area contributed by atoms with E-state index in [1.165, 1.54) is 11.3 Å². The molecule has 2 heterocycles. The van der Waals surface area contributed by atoms with Crippen molar-refractivity contribution >= 4 is 27.2 Å². The quantitative estimate of drug-likeness (QED) is 0.731. The third-order valence-electron chi connectivity index (χ3n) is 2.80. The van der Waals surface area contributed by atoms with Gasteiger partial charge in [0.25, 0.3) is 5.56 Å². The second-order valence-electron chi connectivity index (χ2n) is 4.25. The van der Waals surface area contributed by atoms with Gasteiger partial charge in [-0.1, -0.05) is 0 Å². The molecule has 0 aliphatic rings. The van der Waals surface area contributed by atoms with E-state index < -0.39 is 17.5 Å². The Kier molecular flexibility index (Phi) is 3.38. The predicted molar refractivity (Wildman–Crippen MR) is 73.9 cm³/mol. The van der Waals surface area contributed by atoms with E-state index in [9.17, 15) is 18.0 Å². The zero-order valence-electron chi connectivity index (χ0n) is 10.4. The lowest BCUT2D eigenvalue weighted by molar-refractivity contribution is 0.497. The number of aromatic amines is 1. The molecular weight excluding hydrogens is 303 g/mol. The van der Waals surface area contributed by atoms with Gasteiger partial charge in [0, 0.05) is 12.1 Å². The molecule has 0 unspecified atom stereocenters. The maximum atomic E-state index is 13.5. The van der Waals surface area contributed by atoms with Crippen LogP contribution in [-0.4, -0.2) is 9.97 Å². The summed E-state index contributed by atoms with van der Waals surface area (Å²) in [4.78, 5) is 18.4. The van der Waals surface area contributed by atoms with Crippen LogP contribution in [0.15, 0.2) is 28.4 Å². The molecule has 0 saturated heterocycles. The van der Waals surface area contributed by atoms with Crippen LogP contribution in [0.3, 0.4) is 0 Å². The molecule has 0 bridgehead atoms. The Labute approximate surface area is 120 Å². The van der Waals surface area contributed by atoms with E-state index in [0.717, 1.165) is 6.07 Å². The fourth-order valence-corrected chi connectivity index (χ4v) is 2.59. The summed E-state index contributed by atoms with van der Waals surface area (Å²) >= 11 is 1.26. The van der Waals surface area contributed by atoms with Crippen LogP contribution in [-0.2, 0) is 6.54 Å². The number of hydrogen-bond acceptors (Lipinski definition) is 4. The van der Waals surface area contributed by atoms with Gasteiger partial charge in [-0.05, 0) is 11.4 Å². The van der Waals surface area contributed by atoms with Crippen molar-refractivity contribution < 1.29 is 13.2 Å². The first-order chi connectivity index (χ1) is 10.0. The number of nitrogens with one attached hydrogen (secondary N) is 2. The Morgan fingerprint density at radius 3 is 2.90 bits per heavy atom. The molecule has 21 heavy (non-hydrogen) atoms. The van der Waals surface area contributed by atoms with Gasteiger partial charge in [-0.15, -0.1) is 11.3 Å². The Morgan fingerprint density at radius 2 is 2.10 bits per heavy atom. The number of thiophene rings is 1. The van der Waals surface area contributed by atoms with Crippen LogP contribution in [0.1, 0.15) is 5.82 Å². The van der Waals surface area contributed by atoms with Crippen molar-refractivity contribution in [2.75, 3.05) is 5.32 Å². The third-order valence-corrected chi connectivity index (χ3v) is 3.71. The second kappa shape index (κ2) is 5.21. The van der Waals surface area contributed by atoms with E-state index in [0.29, 0.717) is 16.3 Å². The van der Waals surface area contributed by atoms with Gasteiger partial charge in [-0.25, -0.2) is 18.2 Å². The molecule has 108 valence electrons. The summed E-state index contributed by atoms with van der Waals surface area (Å²) in [6.07, 6.45) is 0. The minimum Gasteiger partial charge on any atom is -0.375 e. The molecule has 2 aromatic heterocycles. The van der Waals surface area contributed by atoms with Crippen molar-refractivity contribution in [3.8, 4) is 0 Å². The molecule has 2 N–H and O–H groups in total. The van der Waals surface area contributed by atoms with Gasteiger partial charge in [-0.2, -0.15) is 0 Å². The van der Waals surface area contributed by atoms with Gasteiger partial charge in [0.2, 0.25) is 0 Å². The predicted octanol–water partition coefficient (Wildman–Crippen LogP) is 3.01. The van der Waals surface area contributed by atoms with Crippen LogP contribution in [0.4, 0.5) is 18.9 Å². The van der Waals surface area contributed by atoms with Gasteiger partial charge in [0.05, 0.1) is 17.7 Å². The zero-order valence-corrected chi connectivity index (χ0v) is 11.2. The lowest BCUT2D eigenvalue weighted by Gasteiger charge is -2.08. The molecule has 0 saturated carbocycles. The number of fused-ring (bicyclic) bond motifs is 1. The van der Waals surface area contributed by atoms with Gasteiger partial charge >= 0.3 is 0 Å². The van der Waals surface area contributed by atoms with Crippen molar-refractivity contribution in [2.24, 2.45) is 0 Å². The first-order valence-corrected chi connectivity index (χ1v) is 6.77. The largest absolute Gasteiger partial charge is 0.375 e. The Hall–Kier alpha value is -2.35. The number of rotatable bonds is 3. The minimum absolute atomic E-state index is 0.0686. The van der Waals surface area contributed by atoms with E-state index in [1.807, 2.05) is 0 Å². The Bertz CT molecular complexity index is 875. The number of benzene rings is 1. The van der Waals surface area contributed by atoms with Crippen molar-refractivity contribution in [2.45, 2.75) is 6.54 Å². The molecule has 0 radical (unpaired) electrons. The van der Waals surface area contributed by atoms with Crippen molar-refractivity contribution in [1.29, 1.82) is 0 Å². The van der Waals surface area contributed by atoms with Crippen LogP contribution in [0.25, 0.3) is 10.2 Å². The fraction of sp³-hybridized carbons (Fsp3) is 0.0769. The zero-order chi connectivity index (χ0) is 15.0. The molecule has 0 spiro atoms. The maximum absolute atomic E-state index is 13.5. The van der Waals surface area contributed by atoms with E-state index in [1.54, 1.807) is 11.4 Å². The van der Waals surface area contributed by atoms with Crippen LogP contribution in [0, 0.1) is 17.5 Å². The SMILES string of the molecule is O=c1[nH]c(CNc2cc(F)cc(F)c2F)nc2ccsc12. The van der Waals surface area contributed by atoms with Crippen molar-refractivity contribution in [1.82, 2.24) is 9.97 Å². The number of hydrogen-bond donors (Lipinski definition) is 2. The lowest BCUT2D eigenvalue weighted by Crippen LogP contribution is -2.14. The van der Waals surface area contributed by atoms with E-state index in [2.05, 4.69) is 15.3 Å². The molecule has 3 aromatic rings. The highest BCUT2D eigenvalue weighted by Crippen LogP contribution is 2.20. The van der Waals surface area contributed by atoms with Crippen LogP contribution < -0.4 is 10.9 Å². The number of anilines is 1. The molecule has 0 fully saturated rings. The van der Waals surface area contributed by atoms with Gasteiger partial charge in [-0.3, -0.25) is 4.79 Å². The van der Waals surface area contributed by atoms with Crippen LogP contribution in [0.5, 0.6) is 0 Å². The highest BCUT2D eigenvalue weighted by atomic mass is 32.1. The first-order valence-electron chi connectivity index (χ1n) is 5.89. The lowest BCUT2D eigenvalue weighted by atomic mass is 10.3. The highest BCUT2D eigenvalue weighted by molar-refractivity contribution is 7.17. The van der Waals surface area contributed by atoms with Gasteiger partial charge in [0.15, 0.2) is 11.6 Å². The van der Waals surface area contributed by atoms with E-state index in [-0.39, 0.29) is 23.6 Å². The molecule has 4 nitrogen and oxygen atoms in total. The minimum atomic E-state index is -1.28. The molecular formula is C13H8F3N3OS. The monoisotopic (exact) mass is 311 g/mol. The molecule has 0 aliphatic carbocycles. The van der Waals surface area contributed by atoms with Crippen molar-refractivity contribution in [3.63, 3.8) is 0 Å². The van der Waals surface area contributed by atoms with Crippen molar-refractivity contribution in [3.05, 3.63) is 57.2 Å². The first kappa shape index (κ1) is 13.6. The third kappa shape index (κ3) is 2.62. The standard InChI is InChI=1S/C13H8F3N3OS/c14-6-3-7(15)11(16)9(4-6)17-5-10-18-8-1-2-21-12(8)13(20)19-10/h1-4,17H,5H2,(H,18,19,20). The van der Waals surface area contributed by atoms with Crippen LogP contribution >= 0.6 is 11.3 Å². The Morgan fingerprint density at radius 1 is 1.29 bits per heavy atom. The number of aromatic nitrogens is 2. The average Bonchev–Trinajstić information content (AvgIpc) is 2.90. The normalized spacial score (nSPS) is 11.0. The number of nitrogens with zero attached hydrogens (tertiary/aromatic N) is 1. The molecule has 3 rings (SSSR count). The van der Waals surface area contributed by atoms with E-state index >= 15 is 0 Å². The summed E-state index contributed by atoms with van der Waals surface area (Å²) in [7, 11) is 0. The summed E-state index contributed by atoms with van der Waals surface area (Å²) in [5.74, 6) is -3.12. The summed E-state index contributed by atoms with van der Waals surface area (Å²) in [6.45, 7) is -0.0686. The molecule has 0 amide bonds. The summed E-state index contributed by atoms with van der Waals surface area (Å²) in [5, 5.41) is 4.24. The molecule has 0 atom stereocenters.